The van der Waals surface area contributed by atoms with Gasteiger partial charge in [0.05, 0.1) is 31.8 Å². The van der Waals surface area contributed by atoms with E-state index in [0.717, 1.165) is 68.7 Å². The van der Waals surface area contributed by atoms with Crippen molar-refractivity contribution < 1.29 is 21.9 Å². The Hall–Kier alpha value is -2.28. The molecule has 1 aromatic carbocycles. The van der Waals surface area contributed by atoms with Gasteiger partial charge in [0.1, 0.15) is 10.8 Å². The van der Waals surface area contributed by atoms with Crippen molar-refractivity contribution >= 4 is 39.1 Å². The van der Waals surface area contributed by atoms with Gasteiger partial charge in [-0.15, -0.1) is 0 Å². The fourth-order valence-electron chi connectivity index (χ4n) is 5.21. The number of rotatable bonds is 10. The molecule has 210 valence electrons. The zero-order chi connectivity index (χ0) is 27.3. The lowest BCUT2D eigenvalue weighted by atomic mass is 9.91. The van der Waals surface area contributed by atoms with Gasteiger partial charge >= 0.3 is 0 Å². The fraction of sp³-hybridized carbons (Fsp3) is 0.600. The predicted octanol–water partition coefficient (Wildman–Crippen LogP) is 4.26. The fourth-order valence-corrected chi connectivity index (χ4v) is 6.18. The van der Waals surface area contributed by atoms with Gasteiger partial charge in [0.15, 0.2) is 5.82 Å². The van der Waals surface area contributed by atoms with Gasteiger partial charge in [-0.25, -0.2) is 26.9 Å². The van der Waals surface area contributed by atoms with E-state index in [1.165, 1.54) is 6.20 Å². The first-order chi connectivity index (χ1) is 18.1. The van der Waals surface area contributed by atoms with Crippen molar-refractivity contribution in [1.82, 2.24) is 20.0 Å². The molecule has 3 atom stereocenters. The Morgan fingerprint density at radius 1 is 1.11 bits per heavy atom. The van der Waals surface area contributed by atoms with Gasteiger partial charge < -0.3 is 20.7 Å². The van der Waals surface area contributed by atoms with Crippen molar-refractivity contribution in [3.8, 4) is 5.75 Å². The van der Waals surface area contributed by atoms with E-state index < -0.39 is 16.4 Å². The molecular formula is C25H35ClF2N6O3S. The number of aromatic nitrogens is 2. The number of anilines is 3. The van der Waals surface area contributed by atoms with Crippen LogP contribution in [0.4, 0.5) is 26.2 Å². The topological polar surface area (TPSA) is 117 Å². The summed E-state index contributed by atoms with van der Waals surface area (Å²) >= 11 is 6.40. The Morgan fingerprint density at radius 2 is 1.79 bits per heavy atom. The largest absolute Gasteiger partial charge is 0.495 e. The summed E-state index contributed by atoms with van der Waals surface area (Å²) in [6.07, 6.45) is 6.77. The van der Waals surface area contributed by atoms with Crippen LogP contribution in [0.3, 0.4) is 0 Å². The number of halogens is 3. The van der Waals surface area contributed by atoms with Crippen molar-refractivity contribution in [1.29, 1.82) is 0 Å². The molecule has 2 aliphatic rings. The van der Waals surface area contributed by atoms with E-state index >= 15 is 0 Å². The maximum absolute atomic E-state index is 12.6. The number of aryl methyl sites for hydroxylation is 2. The predicted molar refractivity (Wildman–Crippen MR) is 145 cm³/mol. The molecule has 0 radical (unpaired) electrons. The molecule has 2 aliphatic carbocycles. The molecule has 0 saturated heterocycles. The van der Waals surface area contributed by atoms with Crippen LogP contribution in [-0.2, 0) is 22.9 Å². The minimum Gasteiger partial charge on any atom is -0.495 e. The Labute approximate surface area is 227 Å². The monoisotopic (exact) mass is 572 g/mol. The van der Waals surface area contributed by atoms with Crippen molar-refractivity contribution in [3.63, 3.8) is 0 Å². The molecule has 38 heavy (non-hydrogen) atoms. The molecule has 4 rings (SSSR count). The summed E-state index contributed by atoms with van der Waals surface area (Å²) in [5, 5.41) is 9.84. The highest BCUT2D eigenvalue weighted by atomic mass is 35.5. The Kier molecular flexibility index (Phi) is 9.61. The first kappa shape index (κ1) is 28.7. The number of hydrogen-bond acceptors (Lipinski definition) is 8. The number of sulfonamides is 1. The second-order valence-corrected chi connectivity index (χ2v) is 12.1. The maximum atomic E-state index is 12.6. The number of methoxy groups -OCH3 is 1. The molecule has 1 aromatic heterocycles. The molecule has 1 unspecified atom stereocenters. The highest BCUT2D eigenvalue weighted by Crippen LogP contribution is 2.34. The molecule has 1 saturated carbocycles. The molecule has 0 amide bonds. The lowest BCUT2D eigenvalue weighted by Crippen LogP contribution is -2.48. The van der Waals surface area contributed by atoms with E-state index in [1.807, 2.05) is 12.1 Å². The van der Waals surface area contributed by atoms with Crippen LogP contribution in [-0.4, -0.2) is 62.8 Å². The first-order valence-electron chi connectivity index (χ1n) is 12.9. The number of nitrogens with one attached hydrogen (secondary N) is 4. The Balaban J connectivity index is 1.50. The van der Waals surface area contributed by atoms with Crippen molar-refractivity contribution in [2.24, 2.45) is 0 Å². The second kappa shape index (κ2) is 12.7. The van der Waals surface area contributed by atoms with Crippen LogP contribution in [0.1, 0.15) is 49.7 Å². The van der Waals surface area contributed by atoms with Gasteiger partial charge in [0.25, 0.3) is 6.43 Å². The lowest BCUT2D eigenvalue weighted by molar-refractivity contribution is 0.140. The van der Waals surface area contributed by atoms with E-state index in [4.69, 9.17) is 16.3 Å². The van der Waals surface area contributed by atoms with E-state index in [1.54, 1.807) is 7.11 Å². The summed E-state index contributed by atoms with van der Waals surface area (Å²) in [7, 11) is -1.77. The van der Waals surface area contributed by atoms with Crippen LogP contribution in [0, 0.1) is 0 Å². The van der Waals surface area contributed by atoms with Crippen molar-refractivity contribution in [2.45, 2.75) is 75.9 Å². The molecule has 2 aromatic rings. The number of alkyl halides is 2. The third-order valence-corrected chi connectivity index (χ3v) is 8.06. The third-order valence-electron chi connectivity index (χ3n) is 7.05. The summed E-state index contributed by atoms with van der Waals surface area (Å²) in [5.74, 6) is 1.35. The zero-order valence-corrected chi connectivity index (χ0v) is 23.1. The molecule has 0 aliphatic heterocycles. The average Bonchev–Trinajstić information content (AvgIpc) is 3.06. The van der Waals surface area contributed by atoms with Crippen LogP contribution in [0.25, 0.3) is 0 Å². The van der Waals surface area contributed by atoms with Gasteiger partial charge in [-0.2, -0.15) is 4.98 Å². The van der Waals surface area contributed by atoms with Crippen LogP contribution < -0.4 is 25.4 Å². The van der Waals surface area contributed by atoms with E-state index in [-0.39, 0.29) is 24.7 Å². The first-order valence-corrected chi connectivity index (χ1v) is 15.1. The molecule has 9 nitrogen and oxygen atoms in total. The highest BCUT2D eigenvalue weighted by molar-refractivity contribution is 7.88. The van der Waals surface area contributed by atoms with Crippen LogP contribution >= 0.6 is 11.6 Å². The minimum atomic E-state index is -3.36. The SMILES string of the molecule is COc1cc2c(cc1Nc1ncc(Cl)c(N[C@@H]3CCCC[C@H]3NS(C)(=O)=O)n1)CCC(NCC(F)F)CC2. The maximum Gasteiger partial charge on any atom is 0.250 e. The van der Waals surface area contributed by atoms with Crippen LogP contribution in [0.15, 0.2) is 18.3 Å². The van der Waals surface area contributed by atoms with Gasteiger partial charge in [-0.3, -0.25) is 0 Å². The Bertz CT molecular complexity index is 1220. The van der Waals surface area contributed by atoms with E-state index in [2.05, 4.69) is 30.6 Å². The molecular weight excluding hydrogens is 538 g/mol. The second-order valence-electron chi connectivity index (χ2n) is 9.94. The number of benzene rings is 1. The summed E-state index contributed by atoms with van der Waals surface area (Å²) in [5.41, 5.74) is 2.95. The van der Waals surface area contributed by atoms with Crippen molar-refractivity contribution in [2.75, 3.05) is 30.5 Å². The Morgan fingerprint density at radius 3 is 2.45 bits per heavy atom. The number of hydrogen-bond donors (Lipinski definition) is 4. The number of ether oxygens (including phenoxy) is 1. The van der Waals surface area contributed by atoms with Crippen LogP contribution in [0.2, 0.25) is 5.02 Å². The van der Waals surface area contributed by atoms with E-state index in [0.29, 0.717) is 28.2 Å². The van der Waals surface area contributed by atoms with Crippen LogP contribution in [0.5, 0.6) is 5.75 Å². The van der Waals surface area contributed by atoms with Gasteiger partial charge in [-0.05, 0) is 61.8 Å². The molecule has 1 fully saturated rings. The van der Waals surface area contributed by atoms with Crippen molar-refractivity contribution in [3.05, 3.63) is 34.5 Å². The number of nitrogens with zero attached hydrogens (tertiary/aromatic N) is 2. The smallest absolute Gasteiger partial charge is 0.250 e. The standard InChI is InChI=1S/C25H35ClF2N6O3S/c1-37-22-12-16-8-10-17(29-14-23(27)28)9-7-15(16)11-21(22)32-25-30-13-18(26)24(33-25)31-19-5-3-4-6-20(19)34-38(2,35)36/h11-13,17,19-20,23,29,34H,3-10,14H2,1-2H3,(H2,30,31,32,33)/t17?,19-,20-/m1/s1. The molecule has 13 heteroatoms. The molecule has 1 heterocycles. The summed E-state index contributed by atoms with van der Waals surface area (Å²) < 4.78 is 57.3. The van der Waals surface area contributed by atoms with Gasteiger partial charge in [0, 0.05) is 18.1 Å². The third kappa shape index (κ3) is 7.87. The normalized spacial score (nSPS) is 22.0. The summed E-state index contributed by atoms with van der Waals surface area (Å²) in [6, 6.07) is 3.60. The number of fused-ring (bicyclic) bond motifs is 1. The zero-order valence-electron chi connectivity index (χ0n) is 21.6. The summed E-state index contributed by atoms with van der Waals surface area (Å²) in [4.78, 5) is 8.89. The van der Waals surface area contributed by atoms with E-state index in [9.17, 15) is 17.2 Å². The van der Waals surface area contributed by atoms with Gasteiger partial charge in [0.2, 0.25) is 16.0 Å². The van der Waals surface area contributed by atoms with Gasteiger partial charge in [-0.1, -0.05) is 24.4 Å². The average molecular weight is 573 g/mol. The highest BCUT2D eigenvalue weighted by Gasteiger charge is 2.28. The minimum absolute atomic E-state index is 0.0350. The molecule has 0 bridgehead atoms. The molecule has 4 N–H and O–H groups in total. The molecule has 0 spiro atoms. The quantitative estimate of drug-likeness (QED) is 0.312. The summed E-state index contributed by atoms with van der Waals surface area (Å²) in [6.45, 7) is -0.298. The lowest BCUT2D eigenvalue weighted by Gasteiger charge is -2.32.